The number of non-ortho nitro benzene ring substituents is 1. The van der Waals surface area contributed by atoms with E-state index < -0.39 is 31.6 Å². The summed E-state index contributed by atoms with van der Waals surface area (Å²) in [6, 6.07) is 5.53. The first-order valence-electron chi connectivity index (χ1n) is 10.2. The Morgan fingerprint density at radius 1 is 1.18 bits per heavy atom. The number of halogens is 1. The van der Waals surface area contributed by atoms with Crippen molar-refractivity contribution in [2.75, 3.05) is 19.9 Å². The van der Waals surface area contributed by atoms with Gasteiger partial charge in [-0.1, -0.05) is 6.42 Å². The van der Waals surface area contributed by atoms with Gasteiger partial charge in [0.2, 0.25) is 10.0 Å². The number of ether oxygens (including phenoxy) is 3. The SMILES string of the molecule is O=C(OCc1cc([N+](=O)[O-])cc2c1OCOC2)c1ccc(F)c(S(=O)(=O)N2CCCCC2)c1. The molecule has 2 aromatic carbocycles. The summed E-state index contributed by atoms with van der Waals surface area (Å²) in [5, 5.41) is 11.2. The average Bonchev–Trinajstić information content (AvgIpc) is 2.82. The molecule has 0 unspecified atom stereocenters. The van der Waals surface area contributed by atoms with Crippen molar-refractivity contribution in [2.45, 2.75) is 37.4 Å². The van der Waals surface area contributed by atoms with Crippen LogP contribution in [-0.2, 0) is 32.7 Å². The van der Waals surface area contributed by atoms with Gasteiger partial charge in [0.25, 0.3) is 5.69 Å². The first-order chi connectivity index (χ1) is 15.8. The number of fused-ring (bicyclic) bond motifs is 1. The van der Waals surface area contributed by atoms with Crippen LogP contribution in [0.15, 0.2) is 35.2 Å². The molecule has 0 aromatic heterocycles. The van der Waals surface area contributed by atoms with Crippen molar-refractivity contribution in [3.63, 3.8) is 0 Å². The maximum Gasteiger partial charge on any atom is 0.338 e. The molecule has 2 heterocycles. The molecule has 33 heavy (non-hydrogen) atoms. The Morgan fingerprint density at radius 3 is 2.67 bits per heavy atom. The molecule has 0 bridgehead atoms. The molecule has 2 aliphatic heterocycles. The Hall–Kier alpha value is -3.09. The molecule has 0 atom stereocenters. The van der Waals surface area contributed by atoms with Gasteiger partial charge in [0.05, 0.1) is 17.1 Å². The van der Waals surface area contributed by atoms with Crippen LogP contribution in [0.5, 0.6) is 5.75 Å². The van der Waals surface area contributed by atoms with Crippen LogP contribution in [0.25, 0.3) is 0 Å². The maximum absolute atomic E-state index is 14.4. The molecule has 0 aliphatic carbocycles. The van der Waals surface area contributed by atoms with Gasteiger partial charge < -0.3 is 14.2 Å². The Kier molecular flexibility index (Phi) is 6.58. The van der Waals surface area contributed by atoms with Gasteiger partial charge in [-0.05, 0) is 31.0 Å². The standard InChI is InChI=1S/C21H21FN2O8S/c22-18-5-4-14(10-19(18)33(28,29)23-6-2-1-3-7-23)21(25)31-12-16-9-17(24(26)27)8-15-11-30-13-32-20(15)16/h4-5,8-10H,1-3,6-7,11-13H2. The smallest absolute Gasteiger partial charge is 0.338 e. The third kappa shape index (κ3) is 4.82. The molecule has 2 aromatic rings. The van der Waals surface area contributed by atoms with Crippen LogP contribution in [0.4, 0.5) is 10.1 Å². The Labute approximate surface area is 189 Å². The second-order valence-electron chi connectivity index (χ2n) is 7.65. The largest absolute Gasteiger partial charge is 0.467 e. The summed E-state index contributed by atoms with van der Waals surface area (Å²) in [5.74, 6) is -1.54. The summed E-state index contributed by atoms with van der Waals surface area (Å²) in [4.78, 5) is 22.7. The molecule has 1 fully saturated rings. The van der Waals surface area contributed by atoms with E-state index >= 15 is 0 Å². The number of nitro groups is 1. The van der Waals surface area contributed by atoms with E-state index in [4.69, 9.17) is 14.2 Å². The van der Waals surface area contributed by atoms with E-state index in [0.717, 1.165) is 24.6 Å². The Balaban J connectivity index is 1.56. The van der Waals surface area contributed by atoms with E-state index in [0.29, 0.717) is 24.2 Å². The highest BCUT2D eigenvalue weighted by Crippen LogP contribution is 2.33. The number of sulfonamides is 1. The lowest BCUT2D eigenvalue weighted by molar-refractivity contribution is -0.385. The average molecular weight is 480 g/mol. The van der Waals surface area contributed by atoms with E-state index in [2.05, 4.69) is 0 Å². The number of carbonyl (C=O) groups excluding carboxylic acids is 1. The molecular weight excluding hydrogens is 459 g/mol. The summed E-state index contributed by atoms with van der Waals surface area (Å²) < 4.78 is 57.1. The third-order valence-corrected chi connectivity index (χ3v) is 7.35. The van der Waals surface area contributed by atoms with Crippen LogP contribution in [-0.4, -0.2) is 43.5 Å². The predicted octanol–water partition coefficient (Wildman–Crippen LogP) is 3.13. The first kappa shape index (κ1) is 23.1. The molecular formula is C21H21FN2O8S. The van der Waals surface area contributed by atoms with Crippen molar-refractivity contribution < 1.29 is 36.7 Å². The number of nitro benzene ring substituents is 1. The molecule has 1 saturated heterocycles. The third-order valence-electron chi connectivity index (χ3n) is 5.44. The molecule has 4 rings (SSSR count). The predicted molar refractivity (Wildman–Crippen MR) is 112 cm³/mol. The van der Waals surface area contributed by atoms with Gasteiger partial charge in [-0.15, -0.1) is 0 Å². The highest BCUT2D eigenvalue weighted by atomic mass is 32.2. The number of nitrogens with zero attached hydrogens (tertiary/aromatic N) is 2. The minimum Gasteiger partial charge on any atom is -0.467 e. The second-order valence-corrected chi connectivity index (χ2v) is 9.55. The van der Waals surface area contributed by atoms with E-state index in [1.807, 2.05) is 0 Å². The van der Waals surface area contributed by atoms with Gasteiger partial charge in [-0.2, -0.15) is 4.31 Å². The van der Waals surface area contributed by atoms with Crippen molar-refractivity contribution in [1.29, 1.82) is 0 Å². The Bertz CT molecular complexity index is 1190. The molecule has 10 nitrogen and oxygen atoms in total. The molecule has 0 amide bonds. The summed E-state index contributed by atoms with van der Waals surface area (Å²) in [6.07, 6.45) is 2.27. The van der Waals surface area contributed by atoms with E-state index in [9.17, 15) is 27.7 Å². The van der Waals surface area contributed by atoms with Crippen LogP contribution in [0, 0.1) is 15.9 Å². The van der Waals surface area contributed by atoms with Crippen LogP contribution in [0.3, 0.4) is 0 Å². The number of hydrogen-bond donors (Lipinski definition) is 0. The zero-order valence-corrected chi connectivity index (χ0v) is 18.3. The summed E-state index contributed by atoms with van der Waals surface area (Å²) in [5.41, 5.74) is 0.332. The van der Waals surface area contributed by atoms with Gasteiger partial charge in [0.15, 0.2) is 6.79 Å². The van der Waals surface area contributed by atoms with Crippen molar-refractivity contribution in [1.82, 2.24) is 4.31 Å². The fourth-order valence-corrected chi connectivity index (χ4v) is 5.40. The van der Waals surface area contributed by atoms with Crippen LogP contribution < -0.4 is 4.74 Å². The minimum absolute atomic E-state index is 0.0541. The summed E-state index contributed by atoms with van der Waals surface area (Å²) >= 11 is 0. The van der Waals surface area contributed by atoms with Gasteiger partial charge in [-0.3, -0.25) is 10.1 Å². The minimum atomic E-state index is -4.10. The van der Waals surface area contributed by atoms with Crippen LogP contribution in [0.1, 0.15) is 40.7 Å². The number of hydrogen-bond acceptors (Lipinski definition) is 8. The zero-order valence-electron chi connectivity index (χ0n) is 17.5. The van der Waals surface area contributed by atoms with Crippen molar-refractivity contribution >= 4 is 21.7 Å². The van der Waals surface area contributed by atoms with Gasteiger partial charge in [0, 0.05) is 36.3 Å². The fraction of sp³-hybridized carbons (Fsp3) is 0.381. The van der Waals surface area contributed by atoms with Crippen LogP contribution in [0.2, 0.25) is 0 Å². The van der Waals surface area contributed by atoms with E-state index in [-0.39, 0.29) is 49.9 Å². The normalized spacial score (nSPS) is 16.5. The highest BCUT2D eigenvalue weighted by molar-refractivity contribution is 7.89. The Morgan fingerprint density at radius 2 is 1.94 bits per heavy atom. The number of benzene rings is 2. The highest BCUT2D eigenvalue weighted by Gasteiger charge is 2.30. The molecule has 0 spiro atoms. The maximum atomic E-state index is 14.4. The second kappa shape index (κ2) is 9.41. The quantitative estimate of drug-likeness (QED) is 0.351. The number of rotatable bonds is 6. The number of esters is 1. The van der Waals surface area contributed by atoms with Crippen molar-refractivity contribution in [3.05, 3.63) is 63.0 Å². The van der Waals surface area contributed by atoms with Crippen LogP contribution >= 0.6 is 0 Å². The number of piperidine rings is 1. The summed E-state index contributed by atoms with van der Waals surface area (Å²) in [6.45, 7) is 0.264. The molecule has 0 N–H and O–H groups in total. The van der Waals surface area contributed by atoms with Gasteiger partial charge >= 0.3 is 5.97 Å². The van der Waals surface area contributed by atoms with E-state index in [1.165, 1.54) is 16.4 Å². The lowest BCUT2D eigenvalue weighted by Crippen LogP contribution is -2.36. The fourth-order valence-electron chi connectivity index (χ4n) is 3.79. The molecule has 0 radical (unpaired) electrons. The van der Waals surface area contributed by atoms with Crippen molar-refractivity contribution in [3.8, 4) is 5.75 Å². The number of carbonyl (C=O) groups is 1. The lowest BCUT2D eigenvalue weighted by atomic mass is 10.1. The van der Waals surface area contributed by atoms with E-state index in [1.54, 1.807) is 0 Å². The van der Waals surface area contributed by atoms with Crippen molar-refractivity contribution in [2.24, 2.45) is 0 Å². The molecule has 176 valence electrons. The molecule has 2 aliphatic rings. The summed E-state index contributed by atoms with van der Waals surface area (Å²) in [7, 11) is -4.10. The monoisotopic (exact) mass is 480 g/mol. The van der Waals surface area contributed by atoms with Gasteiger partial charge in [-0.25, -0.2) is 17.6 Å². The molecule has 0 saturated carbocycles. The molecule has 12 heteroatoms. The lowest BCUT2D eigenvalue weighted by Gasteiger charge is -2.26. The van der Waals surface area contributed by atoms with Gasteiger partial charge in [0.1, 0.15) is 23.1 Å². The topological polar surface area (TPSA) is 125 Å². The zero-order chi connectivity index (χ0) is 23.6. The first-order valence-corrected chi connectivity index (χ1v) is 11.7.